The van der Waals surface area contributed by atoms with E-state index in [0.29, 0.717) is 5.56 Å². The maximum absolute atomic E-state index is 13.2. The highest BCUT2D eigenvalue weighted by Crippen LogP contribution is 2.35. The zero-order chi connectivity index (χ0) is 22.0. The third-order valence-electron chi connectivity index (χ3n) is 5.15. The maximum Gasteiger partial charge on any atom is 0.405 e. The van der Waals surface area contributed by atoms with E-state index in [-0.39, 0.29) is 42.4 Å². The topological polar surface area (TPSA) is 91.9 Å². The van der Waals surface area contributed by atoms with Crippen LogP contribution in [0.25, 0.3) is 5.65 Å². The smallest absolute Gasteiger partial charge is 0.405 e. The molecular weight excluding hydrogens is 403 g/mol. The first kappa shape index (κ1) is 20.5. The molecule has 1 aliphatic carbocycles. The Bertz CT molecular complexity index is 1080. The van der Waals surface area contributed by atoms with E-state index in [2.05, 4.69) is 10.4 Å². The van der Waals surface area contributed by atoms with Gasteiger partial charge in [-0.25, -0.2) is 0 Å². The summed E-state index contributed by atoms with van der Waals surface area (Å²) in [6.45, 7) is 4.85. The van der Waals surface area contributed by atoms with Crippen molar-refractivity contribution in [2.24, 2.45) is 5.41 Å². The van der Waals surface area contributed by atoms with E-state index in [4.69, 9.17) is 0 Å². The van der Waals surface area contributed by atoms with Crippen LogP contribution in [0.3, 0.4) is 0 Å². The van der Waals surface area contributed by atoms with Crippen molar-refractivity contribution in [3.63, 3.8) is 0 Å². The Balaban J connectivity index is 1.92. The number of aromatic nitrogens is 3. The molecule has 1 fully saturated rings. The molecule has 2 N–H and O–H groups in total. The van der Waals surface area contributed by atoms with Gasteiger partial charge < -0.3 is 15.3 Å². The van der Waals surface area contributed by atoms with Crippen molar-refractivity contribution in [3.8, 4) is 5.88 Å². The fourth-order valence-corrected chi connectivity index (χ4v) is 3.79. The summed E-state index contributed by atoms with van der Waals surface area (Å²) in [5.41, 5.74) is -0.792. The molecule has 3 heterocycles. The lowest BCUT2D eigenvalue weighted by atomic mass is 9.96. The van der Waals surface area contributed by atoms with Gasteiger partial charge in [0.1, 0.15) is 12.2 Å². The standard InChI is InChI=1S/C19H24F3N5O3/c1-18(2,3)8-26-15-11-6-7-25(9-19(20,21)22)13(11)24-27(15)17(30)12(16(26)29)14(28)23-10-4-5-10/h10,30H,4-9H2,1-3H3,(H,23,28). The van der Waals surface area contributed by atoms with Crippen molar-refractivity contribution in [2.45, 2.75) is 58.8 Å². The number of aromatic hydroxyl groups is 1. The summed E-state index contributed by atoms with van der Waals surface area (Å²) in [7, 11) is 0. The van der Waals surface area contributed by atoms with E-state index in [1.54, 1.807) is 0 Å². The molecule has 8 nitrogen and oxygen atoms in total. The first-order valence-corrected chi connectivity index (χ1v) is 9.85. The summed E-state index contributed by atoms with van der Waals surface area (Å²) >= 11 is 0. The van der Waals surface area contributed by atoms with Crippen LogP contribution in [0.15, 0.2) is 4.79 Å². The summed E-state index contributed by atoms with van der Waals surface area (Å²) in [5, 5.41) is 17.6. The Morgan fingerprint density at radius 3 is 2.47 bits per heavy atom. The van der Waals surface area contributed by atoms with Gasteiger partial charge in [0.25, 0.3) is 11.5 Å². The van der Waals surface area contributed by atoms with E-state index in [0.717, 1.165) is 22.3 Å². The average Bonchev–Trinajstić information content (AvgIpc) is 3.19. The van der Waals surface area contributed by atoms with Crippen molar-refractivity contribution in [2.75, 3.05) is 18.0 Å². The van der Waals surface area contributed by atoms with E-state index in [9.17, 15) is 27.9 Å². The van der Waals surface area contributed by atoms with Gasteiger partial charge in [-0.2, -0.15) is 17.7 Å². The molecular formula is C19H24F3N5O3. The molecule has 0 aromatic carbocycles. The number of hydrogen-bond acceptors (Lipinski definition) is 5. The molecule has 0 atom stereocenters. The molecule has 0 spiro atoms. The fraction of sp³-hybridized carbons (Fsp3) is 0.632. The first-order chi connectivity index (χ1) is 13.9. The molecule has 1 amide bonds. The van der Waals surface area contributed by atoms with Crippen LogP contribution < -0.4 is 15.8 Å². The second-order valence-corrected chi connectivity index (χ2v) is 9.22. The summed E-state index contributed by atoms with van der Waals surface area (Å²) in [4.78, 5) is 27.0. The lowest BCUT2D eigenvalue weighted by Crippen LogP contribution is -2.37. The molecule has 0 unspecified atom stereocenters. The number of amides is 1. The number of hydrogen-bond donors (Lipinski definition) is 2. The van der Waals surface area contributed by atoms with Gasteiger partial charge >= 0.3 is 6.18 Å². The lowest BCUT2D eigenvalue weighted by molar-refractivity contribution is -0.119. The molecule has 0 saturated heterocycles. The Morgan fingerprint density at radius 1 is 1.23 bits per heavy atom. The molecule has 1 aliphatic heterocycles. The van der Waals surface area contributed by atoms with Gasteiger partial charge in [0, 0.05) is 24.7 Å². The predicted octanol–water partition coefficient (Wildman–Crippen LogP) is 2.06. The maximum atomic E-state index is 13.2. The van der Waals surface area contributed by atoms with Crippen LogP contribution in [0, 0.1) is 5.41 Å². The molecule has 2 aromatic rings. The monoisotopic (exact) mass is 427 g/mol. The zero-order valence-electron chi connectivity index (χ0n) is 17.0. The quantitative estimate of drug-likeness (QED) is 0.780. The normalized spacial score (nSPS) is 16.9. The predicted molar refractivity (Wildman–Crippen MR) is 103 cm³/mol. The molecule has 1 saturated carbocycles. The minimum atomic E-state index is -4.42. The van der Waals surface area contributed by atoms with Gasteiger partial charge in [0.05, 0.1) is 0 Å². The number of nitrogens with zero attached hydrogens (tertiary/aromatic N) is 4. The van der Waals surface area contributed by atoms with E-state index >= 15 is 0 Å². The second-order valence-electron chi connectivity index (χ2n) is 9.22. The number of fused-ring (bicyclic) bond motifs is 3. The number of alkyl halides is 3. The minimum Gasteiger partial charge on any atom is -0.492 e. The van der Waals surface area contributed by atoms with Crippen molar-refractivity contribution in [1.82, 2.24) is 19.5 Å². The van der Waals surface area contributed by atoms with Crippen LogP contribution in [0.1, 0.15) is 49.5 Å². The molecule has 30 heavy (non-hydrogen) atoms. The van der Waals surface area contributed by atoms with Crippen molar-refractivity contribution < 1.29 is 23.1 Å². The van der Waals surface area contributed by atoms with Crippen LogP contribution in [0.4, 0.5) is 19.0 Å². The SMILES string of the molecule is CC(C)(C)Cn1c(=O)c(C(=O)NC2CC2)c(O)n2nc3c(c12)CCN3CC(F)(F)F. The number of nitrogens with one attached hydrogen (secondary N) is 1. The Morgan fingerprint density at radius 2 is 1.90 bits per heavy atom. The van der Waals surface area contributed by atoms with Gasteiger partial charge in [-0.15, -0.1) is 5.10 Å². The molecule has 0 bridgehead atoms. The highest BCUT2D eigenvalue weighted by molar-refractivity contribution is 5.96. The molecule has 11 heteroatoms. The molecule has 2 aliphatic rings. The number of halogens is 3. The number of carbonyl (C=O) groups is 1. The Labute approximate surface area is 170 Å². The van der Waals surface area contributed by atoms with Crippen LogP contribution >= 0.6 is 0 Å². The largest absolute Gasteiger partial charge is 0.492 e. The summed E-state index contributed by atoms with van der Waals surface area (Å²) in [5.74, 6) is -1.28. The third kappa shape index (κ3) is 3.72. The number of carbonyl (C=O) groups excluding carboxylic acids is 1. The fourth-order valence-electron chi connectivity index (χ4n) is 3.79. The first-order valence-electron chi connectivity index (χ1n) is 9.85. The average molecular weight is 427 g/mol. The van der Waals surface area contributed by atoms with Gasteiger partial charge in [0.2, 0.25) is 5.88 Å². The highest BCUT2D eigenvalue weighted by Gasteiger charge is 2.38. The van der Waals surface area contributed by atoms with Crippen LogP contribution in [0.5, 0.6) is 5.88 Å². The highest BCUT2D eigenvalue weighted by atomic mass is 19.4. The second kappa shape index (κ2) is 6.64. The number of anilines is 1. The minimum absolute atomic E-state index is 0.0343. The van der Waals surface area contributed by atoms with Crippen LogP contribution in [-0.4, -0.2) is 50.5 Å². The third-order valence-corrected chi connectivity index (χ3v) is 5.15. The molecule has 2 aromatic heterocycles. The lowest BCUT2D eigenvalue weighted by Gasteiger charge is -2.22. The Hall–Kier alpha value is -2.72. The van der Waals surface area contributed by atoms with Crippen molar-refractivity contribution in [3.05, 3.63) is 21.5 Å². The van der Waals surface area contributed by atoms with Gasteiger partial charge in [-0.05, 0) is 24.7 Å². The van der Waals surface area contributed by atoms with Crippen molar-refractivity contribution in [1.29, 1.82) is 0 Å². The Kier molecular flexibility index (Phi) is 4.55. The summed E-state index contributed by atoms with van der Waals surface area (Å²) in [6.07, 6.45) is -2.56. The van der Waals surface area contributed by atoms with Crippen LogP contribution in [-0.2, 0) is 13.0 Å². The van der Waals surface area contributed by atoms with Gasteiger partial charge in [0.15, 0.2) is 11.4 Å². The summed E-state index contributed by atoms with van der Waals surface area (Å²) < 4.78 is 41.3. The van der Waals surface area contributed by atoms with E-state index in [1.165, 1.54) is 4.57 Å². The zero-order valence-corrected chi connectivity index (χ0v) is 17.0. The van der Waals surface area contributed by atoms with E-state index < -0.39 is 35.6 Å². The van der Waals surface area contributed by atoms with Crippen molar-refractivity contribution >= 4 is 17.4 Å². The number of rotatable bonds is 4. The van der Waals surface area contributed by atoms with Gasteiger partial charge in [-0.3, -0.25) is 14.2 Å². The van der Waals surface area contributed by atoms with E-state index in [1.807, 2.05) is 20.8 Å². The van der Waals surface area contributed by atoms with Gasteiger partial charge in [-0.1, -0.05) is 20.8 Å². The molecule has 0 radical (unpaired) electrons. The molecule has 4 rings (SSSR count). The summed E-state index contributed by atoms with van der Waals surface area (Å²) in [6, 6.07) is -0.0343. The van der Waals surface area contributed by atoms with Crippen LogP contribution in [0.2, 0.25) is 0 Å². The molecule has 164 valence electrons.